The summed E-state index contributed by atoms with van der Waals surface area (Å²) in [6.07, 6.45) is 4.68. The van der Waals surface area contributed by atoms with Crippen LogP contribution in [0.5, 0.6) is 0 Å². The van der Waals surface area contributed by atoms with E-state index in [0.717, 1.165) is 45.2 Å². The van der Waals surface area contributed by atoms with Gasteiger partial charge in [-0.15, -0.1) is 0 Å². The molecule has 0 radical (unpaired) electrons. The Bertz CT molecular complexity index is 525. The van der Waals surface area contributed by atoms with Crippen molar-refractivity contribution in [3.63, 3.8) is 0 Å². The number of carbonyl (C=O) groups is 3. The van der Waals surface area contributed by atoms with Crippen molar-refractivity contribution < 1.29 is 14.4 Å². The first-order chi connectivity index (χ1) is 10.6. The quantitative estimate of drug-likeness (QED) is 0.681. The highest BCUT2D eigenvalue weighted by Gasteiger charge is 2.57. The summed E-state index contributed by atoms with van der Waals surface area (Å²) in [5.41, 5.74) is 0. The largest absolute Gasteiger partial charge is 0.325 e. The molecule has 0 aromatic rings. The molecule has 4 amide bonds. The van der Waals surface area contributed by atoms with E-state index in [9.17, 15) is 14.4 Å². The van der Waals surface area contributed by atoms with Gasteiger partial charge in [-0.1, -0.05) is 6.92 Å². The number of fused-ring (bicyclic) bond motifs is 1. The van der Waals surface area contributed by atoms with Crippen LogP contribution in [0.2, 0.25) is 0 Å². The van der Waals surface area contributed by atoms with Gasteiger partial charge in [-0.25, -0.2) is 4.79 Å². The van der Waals surface area contributed by atoms with Crippen LogP contribution < -0.4 is 0 Å². The number of hydrogen-bond acceptors (Lipinski definition) is 3. The van der Waals surface area contributed by atoms with Gasteiger partial charge in [-0.2, -0.15) is 0 Å². The minimum atomic E-state index is -0.262. The molecule has 0 bridgehead atoms. The molecular formula is C16H23N3O3. The van der Waals surface area contributed by atoms with Crippen LogP contribution >= 0.6 is 0 Å². The fraction of sp³-hybridized carbons (Fsp3) is 0.812. The first-order valence-electron chi connectivity index (χ1n) is 8.52. The van der Waals surface area contributed by atoms with Crippen molar-refractivity contribution in [2.75, 3.05) is 19.6 Å². The number of hydrogen-bond donors (Lipinski definition) is 0. The van der Waals surface area contributed by atoms with E-state index >= 15 is 0 Å². The molecule has 1 saturated carbocycles. The van der Waals surface area contributed by atoms with E-state index in [0.29, 0.717) is 6.54 Å². The highest BCUT2D eigenvalue weighted by atomic mass is 16.2. The lowest BCUT2D eigenvalue weighted by Crippen LogP contribution is -2.48. The van der Waals surface area contributed by atoms with Crippen molar-refractivity contribution in [1.82, 2.24) is 14.7 Å². The second-order valence-corrected chi connectivity index (χ2v) is 7.13. The van der Waals surface area contributed by atoms with Gasteiger partial charge in [0.05, 0.1) is 18.0 Å². The number of rotatable bonds is 1. The number of imide groups is 1. The number of carbonyl (C=O) groups excluding carboxylic acids is 3. The highest BCUT2D eigenvalue weighted by molar-refractivity contribution is 6.01. The smallest absolute Gasteiger partial charge is 0.320 e. The monoisotopic (exact) mass is 305 g/mol. The van der Waals surface area contributed by atoms with Gasteiger partial charge in [0.1, 0.15) is 0 Å². The summed E-state index contributed by atoms with van der Waals surface area (Å²) in [7, 11) is 0. The van der Waals surface area contributed by atoms with Crippen molar-refractivity contribution >= 4 is 17.8 Å². The lowest BCUT2D eigenvalue weighted by Gasteiger charge is -2.30. The maximum absolute atomic E-state index is 12.7. The predicted octanol–water partition coefficient (Wildman–Crippen LogP) is 1.06. The Morgan fingerprint density at radius 1 is 1.05 bits per heavy atom. The minimum Gasteiger partial charge on any atom is -0.325 e. The summed E-state index contributed by atoms with van der Waals surface area (Å²) in [5.74, 6) is -0.286. The summed E-state index contributed by atoms with van der Waals surface area (Å²) >= 11 is 0. The lowest BCUT2D eigenvalue weighted by atomic mass is 10.0. The van der Waals surface area contributed by atoms with Gasteiger partial charge in [0, 0.05) is 25.6 Å². The molecule has 4 fully saturated rings. The zero-order chi connectivity index (χ0) is 15.4. The topological polar surface area (TPSA) is 60.9 Å². The van der Waals surface area contributed by atoms with Crippen molar-refractivity contribution in [2.24, 2.45) is 11.8 Å². The highest BCUT2D eigenvalue weighted by Crippen LogP contribution is 2.41. The summed E-state index contributed by atoms with van der Waals surface area (Å²) in [6.45, 7) is 4.17. The van der Waals surface area contributed by atoms with Crippen LogP contribution in [0, 0.1) is 11.8 Å². The summed E-state index contributed by atoms with van der Waals surface area (Å²) in [4.78, 5) is 42.9. The molecule has 22 heavy (non-hydrogen) atoms. The normalized spacial score (nSPS) is 34.5. The van der Waals surface area contributed by atoms with Crippen molar-refractivity contribution in [1.29, 1.82) is 0 Å². The van der Waals surface area contributed by atoms with Crippen molar-refractivity contribution in [3.05, 3.63) is 0 Å². The zero-order valence-corrected chi connectivity index (χ0v) is 13.0. The maximum atomic E-state index is 12.7. The third-order valence-electron chi connectivity index (χ3n) is 5.68. The average molecular weight is 305 g/mol. The van der Waals surface area contributed by atoms with E-state index in [1.165, 1.54) is 4.90 Å². The Kier molecular flexibility index (Phi) is 3.16. The molecule has 120 valence electrons. The molecule has 4 rings (SSSR count). The summed E-state index contributed by atoms with van der Waals surface area (Å²) in [6, 6.07) is -0.157. The number of urea groups is 1. The maximum Gasteiger partial charge on any atom is 0.320 e. The Morgan fingerprint density at radius 2 is 1.73 bits per heavy atom. The van der Waals surface area contributed by atoms with E-state index in [-0.39, 0.29) is 41.8 Å². The van der Waals surface area contributed by atoms with Crippen molar-refractivity contribution in [3.8, 4) is 0 Å². The summed E-state index contributed by atoms with van der Waals surface area (Å²) in [5, 5.41) is 0. The molecule has 0 unspecified atom stereocenters. The third-order valence-corrected chi connectivity index (χ3v) is 5.68. The van der Waals surface area contributed by atoms with Crippen LogP contribution in [-0.4, -0.2) is 64.3 Å². The van der Waals surface area contributed by atoms with Gasteiger partial charge in [-0.05, 0) is 32.1 Å². The fourth-order valence-electron chi connectivity index (χ4n) is 4.33. The standard InChI is InChI=1S/C16H23N3O3/c1-10-13-12(19(14(10)20)15(21)11-4-5-11)6-9-18(13)16(22)17-7-2-3-8-17/h10-13H,2-9H2,1H3/t10-,12-,13+/m0/s1. The van der Waals surface area contributed by atoms with Crippen LogP contribution in [-0.2, 0) is 9.59 Å². The molecule has 1 aliphatic carbocycles. The molecule has 3 heterocycles. The van der Waals surface area contributed by atoms with Gasteiger partial charge >= 0.3 is 6.03 Å². The second kappa shape index (κ2) is 4.96. The summed E-state index contributed by atoms with van der Waals surface area (Å²) < 4.78 is 0. The molecule has 6 nitrogen and oxygen atoms in total. The Morgan fingerprint density at radius 3 is 2.36 bits per heavy atom. The molecule has 0 N–H and O–H groups in total. The van der Waals surface area contributed by atoms with E-state index in [4.69, 9.17) is 0 Å². The Balaban J connectivity index is 1.55. The minimum absolute atomic E-state index is 0.000165. The number of likely N-dealkylation sites (tertiary alicyclic amines) is 3. The van der Waals surface area contributed by atoms with Crippen LogP contribution in [0.3, 0.4) is 0 Å². The number of nitrogens with zero attached hydrogens (tertiary/aromatic N) is 3. The molecule has 3 aliphatic heterocycles. The van der Waals surface area contributed by atoms with Crippen LogP contribution in [0.25, 0.3) is 0 Å². The fourth-order valence-corrected chi connectivity index (χ4v) is 4.33. The van der Waals surface area contributed by atoms with E-state index in [1.54, 1.807) is 0 Å². The van der Waals surface area contributed by atoms with Crippen LogP contribution in [0.15, 0.2) is 0 Å². The van der Waals surface area contributed by atoms with E-state index in [1.807, 2.05) is 16.7 Å². The molecule has 0 aromatic heterocycles. The first kappa shape index (κ1) is 14.0. The van der Waals surface area contributed by atoms with Gasteiger partial charge in [0.15, 0.2) is 0 Å². The molecular weight excluding hydrogens is 282 g/mol. The van der Waals surface area contributed by atoms with Crippen LogP contribution in [0.1, 0.15) is 39.0 Å². The van der Waals surface area contributed by atoms with E-state index in [2.05, 4.69) is 0 Å². The molecule has 3 atom stereocenters. The third kappa shape index (κ3) is 1.96. The average Bonchev–Trinajstić information content (AvgIpc) is 2.96. The first-order valence-corrected chi connectivity index (χ1v) is 8.52. The molecule has 0 aromatic carbocycles. The SMILES string of the molecule is C[C@@H]1C(=O)N(C(=O)C2CC2)[C@H]2CCN(C(=O)N3CCCC3)[C@H]12. The van der Waals surface area contributed by atoms with Crippen LogP contribution in [0.4, 0.5) is 4.79 Å². The Labute approximate surface area is 130 Å². The van der Waals surface area contributed by atoms with Gasteiger partial charge in [-0.3, -0.25) is 14.5 Å². The zero-order valence-electron chi connectivity index (χ0n) is 13.0. The molecule has 6 heteroatoms. The van der Waals surface area contributed by atoms with Gasteiger partial charge in [0.25, 0.3) is 0 Å². The molecule has 3 saturated heterocycles. The molecule has 4 aliphatic rings. The Hall–Kier alpha value is -1.59. The van der Waals surface area contributed by atoms with Gasteiger partial charge in [0.2, 0.25) is 11.8 Å². The van der Waals surface area contributed by atoms with Crippen molar-refractivity contribution in [2.45, 2.75) is 51.1 Å². The van der Waals surface area contributed by atoms with E-state index < -0.39 is 0 Å². The second-order valence-electron chi connectivity index (χ2n) is 7.13. The molecule has 0 spiro atoms. The van der Waals surface area contributed by atoms with Gasteiger partial charge < -0.3 is 9.80 Å². The lowest BCUT2D eigenvalue weighted by molar-refractivity contribution is -0.145. The number of amides is 4. The predicted molar refractivity (Wildman–Crippen MR) is 78.8 cm³/mol.